The van der Waals surface area contributed by atoms with E-state index in [9.17, 15) is 9.59 Å². The average molecular weight is 373 g/mol. The van der Waals surface area contributed by atoms with Gasteiger partial charge < -0.3 is 9.36 Å². The fraction of sp³-hybridized carbons (Fsp3) is 0.158. The van der Waals surface area contributed by atoms with E-state index in [-0.39, 0.29) is 5.91 Å². The summed E-state index contributed by atoms with van der Waals surface area (Å²) in [7, 11) is 1.88. The maximum atomic E-state index is 12.4. The van der Waals surface area contributed by atoms with E-state index in [1.54, 1.807) is 24.3 Å². The molecule has 0 saturated heterocycles. The summed E-state index contributed by atoms with van der Waals surface area (Å²) in [6.07, 6.45) is 0.768. The van der Waals surface area contributed by atoms with Crippen molar-refractivity contribution in [2.24, 2.45) is 7.05 Å². The van der Waals surface area contributed by atoms with Gasteiger partial charge in [-0.3, -0.25) is 9.69 Å². The molecule has 0 bridgehead atoms. The van der Waals surface area contributed by atoms with Crippen LogP contribution in [0, 0.1) is 0 Å². The Kier molecular flexibility index (Phi) is 4.88. The molecule has 1 atom stereocenters. The molecule has 0 fully saturated rings. The van der Waals surface area contributed by atoms with Crippen LogP contribution in [0.1, 0.15) is 18.5 Å². The molecule has 2 aromatic carbocycles. The van der Waals surface area contributed by atoms with Crippen molar-refractivity contribution in [1.82, 2.24) is 4.57 Å². The largest absolute Gasteiger partial charge is 0.339 e. The molecule has 0 aliphatic heterocycles. The van der Waals surface area contributed by atoms with Gasteiger partial charge in [0.05, 0.1) is 5.03 Å². The number of aromatic nitrogens is 1. The number of aryl methyl sites for hydroxylation is 1. The van der Waals surface area contributed by atoms with Crippen LogP contribution < -0.4 is 4.90 Å². The van der Waals surface area contributed by atoms with Crippen LogP contribution in [-0.2, 0) is 16.6 Å². The number of amides is 1. The lowest BCUT2D eigenvalue weighted by Crippen LogP contribution is -2.34. The summed E-state index contributed by atoms with van der Waals surface area (Å²) in [4.78, 5) is 25.9. The second-order valence-corrected chi connectivity index (χ2v) is 6.62. The lowest BCUT2D eigenvalue weighted by Gasteiger charge is -2.28. The van der Waals surface area contributed by atoms with Crippen LogP contribution in [0.2, 0.25) is 5.02 Å². The van der Waals surface area contributed by atoms with Gasteiger partial charge in [-0.05, 0) is 24.3 Å². The van der Waals surface area contributed by atoms with Gasteiger partial charge in [-0.1, -0.05) is 35.9 Å². The van der Waals surface area contributed by atoms with E-state index in [1.165, 1.54) is 11.8 Å². The Hall–Kier alpha value is -2.24. The number of carbonyl (C=O) groups excluding carboxylic acids is 2. The average Bonchev–Trinajstić information content (AvgIpc) is 2.84. The van der Waals surface area contributed by atoms with Crippen molar-refractivity contribution < 1.29 is 9.59 Å². The van der Waals surface area contributed by atoms with Crippen LogP contribution >= 0.6 is 24.2 Å². The predicted molar refractivity (Wildman–Crippen MR) is 104 cm³/mol. The molecule has 3 rings (SSSR count). The number of aldehydes is 1. The van der Waals surface area contributed by atoms with Crippen LogP contribution in [0.4, 0.5) is 5.69 Å². The van der Waals surface area contributed by atoms with E-state index in [2.05, 4.69) is 12.6 Å². The summed E-state index contributed by atoms with van der Waals surface area (Å²) in [5, 5.41) is 2.03. The van der Waals surface area contributed by atoms with E-state index >= 15 is 0 Å². The zero-order chi connectivity index (χ0) is 18.1. The molecule has 1 unspecified atom stereocenters. The quantitative estimate of drug-likeness (QED) is 0.544. The number of carbonyl (C=O) groups is 2. The number of rotatable bonds is 4. The summed E-state index contributed by atoms with van der Waals surface area (Å²) >= 11 is 10.7. The number of hydrogen-bond donors (Lipinski definition) is 1. The maximum Gasteiger partial charge on any atom is 0.224 e. The number of thiol groups is 1. The normalized spacial score (nSPS) is 12.2. The fourth-order valence-electron chi connectivity index (χ4n) is 3.12. The van der Waals surface area contributed by atoms with Crippen molar-refractivity contribution in [3.05, 3.63) is 59.1 Å². The second-order valence-electron chi connectivity index (χ2n) is 5.76. The third-order valence-electron chi connectivity index (χ3n) is 4.24. The number of halogens is 1. The Morgan fingerprint density at radius 3 is 2.60 bits per heavy atom. The standard InChI is InChI=1S/C19H17ClN2O2S/c1-12(24)22(14-7-5-6-13(20)10-14)17(11-23)18-15-8-3-4-9-16(15)21(2)19(18)25/h3-11,17,25H,1-2H3. The summed E-state index contributed by atoms with van der Waals surface area (Å²) in [5.74, 6) is -0.250. The SMILES string of the molecule is CC(=O)N(c1cccc(Cl)c1)C(C=O)c1c(S)n(C)c2ccccc12. The molecule has 0 spiro atoms. The Labute approximate surface area is 156 Å². The van der Waals surface area contributed by atoms with Crippen LogP contribution in [-0.4, -0.2) is 16.8 Å². The molecule has 25 heavy (non-hydrogen) atoms. The Bertz CT molecular complexity index is 967. The van der Waals surface area contributed by atoms with Gasteiger partial charge in [0.25, 0.3) is 0 Å². The van der Waals surface area contributed by atoms with E-state index in [4.69, 9.17) is 11.6 Å². The smallest absolute Gasteiger partial charge is 0.224 e. The zero-order valence-corrected chi connectivity index (χ0v) is 15.5. The minimum absolute atomic E-state index is 0.250. The van der Waals surface area contributed by atoms with E-state index in [1.807, 2.05) is 35.9 Å². The molecule has 1 aromatic heterocycles. The predicted octanol–water partition coefficient (Wildman–Crippen LogP) is 4.41. The zero-order valence-electron chi connectivity index (χ0n) is 13.8. The molecule has 0 saturated carbocycles. The van der Waals surface area contributed by atoms with Crippen molar-refractivity contribution in [2.45, 2.75) is 18.0 Å². The Balaban J connectivity index is 2.24. The lowest BCUT2D eigenvalue weighted by molar-refractivity contribution is -0.119. The van der Waals surface area contributed by atoms with Crippen molar-refractivity contribution in [3.8, 4) is 0 Å². The number of hydrogen-bond acceptors (Lipinski definition) is 3. The van der Waals surface area contributed by atoms with Crippen molar-refractivity contribution in [2.75, 3.05) is 4.90 Å². The summed E-state index contributed by atoms with van der Waals surface area (Å²) in [5.41, 5.74) is 2.22. The van der Waals surface area contributed by atoms with Gasteiger partial charge >= 0.3 is 0 Å². The molecule has 0 N–H and O–H groups in total. The van der Waals surface area contributed by atoms with Crippen molar-refractivity contribution >= 4 is 53.0 Å². The number of para-hydroxylation sites is 1. The topological polar surface area (TPSA) is 42.3 Å². The molecule has 1 heterocycles. The second kappa shape index (κ2) is 6.94. The molecule has 128 valence electrons. The van der Waals surface area contributed by atoms with Crippen LogP contribution in [0.5, 0.6) is 0 Å². The van der Waals surface area contributed by atoms with Gasteiger partial charge in [-0.15, -0.1) is 12.6 Å². The van der Waals surface area contributed by atoms with Gasteiger partial charge in [0.1, 0.15) is 12.3 Å². The molecule has 4 nitrogen and oxygen atoms in total. The van der Waals surface area contributed by atoms with E-state index < -0.39 is 6.04 Å². The molecular weight excluding hydrogens is 356 g/mol. The molecule has 0 aliphatic carbocycles. The summed E-state index contributed by atoms with van der Waals surface area (Å²) in [6, 6.07) is 13.8. The highest BCUT2D eigenvalue weighted by Crippen LogP contribution is 2.37. The van der Waals surface area contributed by atoms with Crippen LogP contribution in [0.15, 0.2) is 53.6 Å². The highest BCUT2D eigenvalue weighted by Gasteiger charge is 2.29. The maximum absolute atomic E-state index is 12.4. The molecule has 1 amide bonds. The molecule has 6 heteroatoms. The lowest BCUT2D eigenvalue weighted by atomic mass is 10.0. The first kappa shape index (κ1) is 17.6. The first-order chi connectivity index (χ1) is 12.0. The monoisotopic (exact) mass is 372 g/mol. The Morgan fingerprint density at radius 1 is 1.24 bits per heavy atom. The highest BCUT2D eigenvalue weighted by atomic mass is 35.5. The minimum Gasteiger partial charge on any atom is -0.339 e. The van der Waals surface area contributed by atoms with Gasteiger partial charge in [0, 0.05) is 41.1 Å². The minimum atomic E-state index is -0.797. The molecular formula is C19H17ClN2O2S. The number of fused-ring (bicyclic) bond motifs is 1. The van der Waals surface area contributed by atoms with E-state index in [0.717, 1.165) is 17.2 Å². The van der Waals surface area contributed by atoms with Crippen LogP contribution in [0.3, 0.4) is 0 Å². The fourth-order valence-corrected chi connectivity index (χ4v) is 3.67. The van der Waals surface area contributed by atoms with Crippen molar-refractivity contribution in [3.63, 3.8) is 0 Å². The van der Waals surface area contributed by atoms with Gasteiger partial charge in [0.2, 0.25) is 5.91 Å². The van der Waals surface area contributed by atoms with E-state index in [0.29, 0.717) is 21.3 Å². The van der Waals surface area contributed by atoms with Gasteiger partial charge in [-0.2, -0.15) is 0 Å². The summed E-state index contributed by atoms with van der Waals surface area (Å²) in [6.45, 7) is 1.43. The molecule has 3 aromatic rings. The molecule has 0 radical (unpaired) electrons. The van der Waals surface area contributed by atoms with Crippen LogP contribution in [0.25, 0.3) is 10.9 Å². The van der Waals surface area contributed by atoms with Crippen molar-refractivity contribution in [1.29, 1.82) is 0 Å². The third-order valence-corrected chi connectivity index (χ3v) is 5.02. The van der Waals surface area contributed by atoms with Gasteiger partial charge in [0.15, 0.2) is 0 Å². The summed E-state index contributed by atoms with van der Waals surface area (Å²) < 4.78 is 1.90. The first-order valence-electron chi connectivity index (χ1n) is 7.72. The number of benzene rings is 2. The number of anilines is 1. The number of nitrogens with zero attached hydrogens (tertiary/aromatic N) is 2. The molecule has 0 aliphatic rings. The highest BCUT2D eigenvalue weighted by molar-refractivity contribution is 7.80. The van der Waals surface area contributed by atoms with Gasteiger partial charge in [-0.25, -0.2) is 0 Å². The Morgan fingerprint density at radius 2 is 1.96 bits per heavy atom. The third kappa shape index (κ3) is 3.05. The first-order valence-corrected chi connectivity index (χ1v) is 8.55.